The fraction of sp³-hybridized carbons (Fsp3) is 0.887. The molecule has 2 atom stereocenters. The predicted octanol–water partition coefficient (Wildman–Crippen LogP) is 26.8. The number of hydrogen-bond acceptors (Lipinski definition) is 3. The minimum atomic E-state index is -0.840. The van der Waals surface area contributed by atoms with Gasteiger partial charge in [-0.05, 0) is 57.8 Å². The van der Waals surface area contributed by atoms with Gasteiger partial charge < -0.3 is 15.5 Å². The highest BCUT2D eigenvalue weighted by molar-refractivity contribution is 5.76. The smallest absolute Gasteiger partial charge is 0.220 e. The van der Waals surface area contributed by atoms with Gasteiger partial charge in [0.25, 0.3) is 0 Å². The van der Waals surface area contributed by atoms with Gasteiger partial charge in [-0.3, -0.25) is 4.79 Å². The Morgan fingerprint density at radius 3 is 0.726 bits per heavy atom. The van der Waals surface area contributed by atoms with Gasteiger partial charge in [-0.15, -0.1) is 0 Å². The van der Waals surface area contributed by atoms with Crippen molar-refractivity contribution in [2.24, 2.45) is 0 Å². The highest BCUT2D eigenvalue weighted by Crippen LogP contribution is 2.20. The van der Waals surface area contributed by atoms with Crippen molar-refractivity contribution < 1.29 is 15.0 Å². The van der Waals surface area contributed by atoms with E-state index in [1.54, 1.807) is 6.08 Å². The summed E-state index contributed by atoms with van der Waals surface area (Å²) in [6.45, 7) is 4.35. The van der Waals surface area contributed by atoms with E-state index in [0.29, 0.717) is 6.42 Å². The van der Waals surface area contributed by atoms with Crippen LogP contribution in [0, 0.1) is 0 Å². The van der Waals surface area contributed by atoms with Gasteiger partial charge in [-0.2, -0.15) is 0 Å². The summed E-state index contributed by atoms with van der Waals surface area (Å²) >= 11 is 0. The van der Waals surface area contributed by atoms with Crippen LogP contribution < -0.4 is 5.32 Å². The van der Waals surface area contributed by atoms with Crippen LogP contribution in [0.2, 0.25) is 0 Å². The van der Waals surface area contributed by atoms with Crippen molar-refractivity contribution in [2.75, 3.05) is 6.61 Å². The summed E-state index contributed by atoms with van der Waals surface area (Å²) in [5.74, 6) is -0.0544. The molecule has 0 aromatic heterocycles. The number of carbonyl (C=O) groups is 1. The number of carbonyl (C=O) groups excluding carboxylic acids is 1. The van der Waals surface area contributed by atoms with Gasteiger partial charge in [-0.25, -0.2) is 0 Å². The molecule has 0 aliphatic heterocycles. The van der Waals surface area contributed by atoms with Crippen molar-refractivity contribution in [3.05, 3.63) is 48.6 Å². The van der Waals surface area contributed by atoms with Crippen molar-refractivity contribution in [2.45, 2.75) is 450 Å². The summed E-state index contributed by atoms with van der Waals surface area (Å²) < 4.78 is 0. The molecule has 0 spiro atoms. The second kappa shape index (κ2) is 75.6. The molecule has 0 aromatic carbocycles. The number of hydrogen-bond donors (Lipinski definition) is 3. The minimum absolute atomic E-state index is 0.0544. The lowest BCUT2D eigenvalue weighted by molar-refractivity contribution is -0.123. The van der Waals surface area contributed by atoms with Gasteiger partial charge in [0.2, 0.25) is 5.91 Å². The molecule has 0 rings (SSSR count). The van der Waals surface area contributed by atoms with Gasteiger partial charge in [0.15, 0.2) is 0 Å². The molecule has 0 heterocycles. The van der Waals surface area contributed by atoms with E-state index in [4.69, 9.17) is 0 Å². The van der Waals surface area contributed by atoms with Crippen LogP contribution in [0.15, 0.2) is 48.6 Å². The molecule has 0 saturated carbocycles. The van der Waals surface area contributed by atoms with Crippen molar-refractivity contribution in [1.82, 2.24) is 5.32 Å². The normalized spacial score (nSPS) is 12.9. The first-order chi connectivity index (χ1) is 41.7. The van der Waals surface area contributed by atoms with Gasteiger partial charge in [-0.1, -0.05) is 422 Å². The largest absolute Gasteiger partial charge is 0.394 e. The molecule has 0 aliphatic rings. The zero-order chi connectivity index (χ0) is 60.5. The molecule has 1 amide bonds. The summed E-state index contributed by atoms with van der Waals surface area (Å²) in [5, 5.41) is 23.4. The molecule has 0 radical (unpaired) electrons. The third-order valence-electron chi connectivity index (χ3n) is 18.3. The number of nitrogens with one attached hydrogen (secondary N) is 1. The average molecular weight is 1180 g/mol. The van der Waals surface area contributed by atoms with Crippen LogP contribution in [0.5, 0.6) is 0 Å². The van der Waals surface area contributed by atoms with Crippen molar-refractivity contribution >= 4 is 5.91 Å². The lowest BCUT2D eigenvalue weighted by Gasteiger charge is -2.20. The maximum absolute atomic E-state index is 12.6. The minimum Gasteiger partial charge on any atom is -0.394 e. The summed E-state index contributed by atoms with van der Waals surface area (Å²) in [5.41, 5.74) is 0. The molecular formula is C80H153NO3. The average Bonchev–Trinajstić information content (AvgIpc) is 3.51. The topological polar surface area (TPSA) is 69.6 Å². The first-order valence-electron chi connectivity index (χ1n) is 38.9. The molecule has 4 nitrogen and oxygen atoms in total. The van der Waals surface area contributed by atoms with E-state index in [1.165, 1.54) is 379 Å². The summed E-state index contributed by atoms with van der Waals surface area (Å²) in [7, 11) is 0. The van der Waals surface area contributed by atoms with Crippen LogP contribution in [0.4, 0.5) is 0 Å². The number of rotatable bonds is 73. The van der Waals surface area contributed by atoms with Crippen LogP contribution in [0.3, 0.4) is 0 Å². The maximum atomic E-state index is 12.6. The Labute approximate surface area is 528 Å². The van der Waals surface area contributed by atoms with Crippen molar-refractivity contribution in [3.8, 4) is 0 Å². The van der Waals surface area contributed by atoms with E-state index in [0.717, 1.165) is 38.5 Å². The number of aliphatic hydroxyl groups excluding tert-OH is 2. The lowest BCUT2D eigenvalue weighted by Crippen LogP contribution is -2.45. The molecular weight excluding hydrogens is 1020 g/mol. The van der Waals surface area contributed by atoms with E-state index >= 15 is 0 Å². The number of unbranched alkanes of at least 4 members (excludes halogenated alkanes) is 60. The quantitative estimate of drug-likeness (QED) is 0.0420. The fourth-order valence-corrected chi connectivity index (χ4v) is 12.4. The van der Waals surface area contributed by atoms with E-state index in [-0.39, 0.29) is 12.5 Å². The third kappa shape index (κ3) is 71.1. The standard InChI is InChI=1S/C80H153NO3/c1-3-5-7-9-11-13-15-17-19-21-23-25-27-29-31-33-35-36-37-38-39-40-41-42-43-44-46-48-50-52-54-56-58-60-62-64-66-68-70-72-74-76-80(84)81-78(77-82)79(83)75-73-71-69-67-65-63-61-59-57-55-53-51-49-47-45-34-32-30-28-26-24-22-20-18-16-14-12-10-8-6-4-2/h15,17,21,23,27,29,73,75,78-79,82-83H,3-14,16,18-20,22,24-26,28,30-72,74,76-77H2,1-2H3,(H,81,84)/b17-15-,23-21-,29-27-,75-73+. The van der Waals surface area contributed by atoms with Crippen LogP contribution in [-0.4, -0.2) is 34.9 Å². The Kier molecular flexibility index (Phi) is 74.1. The van der Waals surface area contributed by atoms with Gasteiger partial charge in [0.05, 0.1) is 18.8 Å². The van der Waals surface area contributed by atoms with Crippen LogP contribution in [0.1, 0.15) is 438 Å². The summed E-state index contributed by atoms with van der Waals surface area (Å²) in [6, 6.07) is -0.623. The zero-order valence-electron chi connectivity index (χ0n) is 57.5. The van der Waals surface area contributed by atoms with Crippen molar-refractivity contribution in [3.63, 3.8) is 0 Å². The van der Waals surface area contributed by atoms with Gasteiger partial charge in [0.1, 0.15) is 0 Å². The first kappa shape index (κ1) is 82.3. The monoisotopic (exact) mass is 1180 g/mol. The molecule has 496 valence electrons. The molecule has 0 saturated heterocycles. The van der Waals surface area contributed by atoms with E-state index in [1.807, 2.05) is 6.08 Å². The zero-order valence-corrected chi connectivity index (χ0v) is 57.5. The molecule has 3 N–H and O–H groups in total. The predicted molar refractivity (Wildman–Crippen MR) is 378 cm³/mol. The fourth-order valence-electron chi connectivity index (χ4n) is 12.4. The molecule has 0 aromatic rings. The van der Waals surface area contributed by atoms with E-state index in [2.05, 4.69) is 55.6 Å². The van der Waals surface area contributed by atoms with Crippen molar-refractivity contribution in [1.29, 1.82) is 0 Å². The van der Waals surface area contributed by atoms with Crippen LogP contribution >= 0.6 is 0 Å². The Morgan fingerprint density at radius 1 is 0.286 bits per heavy atom. The van der Waals surface area contributed by atoms with Crippen LogP contribution in [0.25, 0.3) is 0 Å². The molecule has 0 bridgehead atoms. The van der Waals surface area contributed by atoms with E-state index < -0.39 is 12.1 Å². The summed E-state index contributed by atoms with van der Waals surface area (Å²) in [4.78, 5) is 12.6. The molecule has 2 unspecified atom stereocenters. The number of amides is 1. The Hall–Kier alpha value is -1.65. The maximum Gasteiger partial charge on any atom is 0.220 e. The molecule has 0 aliphatic carbocycles. The SMILES string of the molecule is CCCCCCC/C=C\C/C=C\C/C=C\CCCCCCCCCCCCCCCCCCCCCCCCCCCCC(=O)NC(CO)C(O)/C=C/CCCCCCCCCCCCCCCCCCCCCCCCCCCCCCC. The highest BCUT2D eigenvalue weighted by Gasteiger charge is 2.18. The molecule has 84 heavy (non-hydrogen) atoms. The summed E-state index contributed by atoms with van der Waals surface area (Å²) in [6.07, 6.45) is 107. The highest BCUT2D eigenvalue weighted by atomic mass is 16.3. The second-order valence-electron chi connectivity index (χ2n) is 26.8. The van der Waals surface area contributed by atoms with Gasteiger partial charge >= 0.3 is 0 Å². The van der Waals surface area contributed by atoms with Gasteiger partial charge in [0, 0.05) is 6.42 Å². The second-order valence-corrected chi connectivity index (χ2v) is 26.8. The number of aliphatic hydroxyl groups is 2. The first-order valence-corrected chi connectivity index (χ1v) is 38.9. The Morgan fingerprint density at radius 2 is 0.488 bits per heavy atom. The Balaban J connectivity index is 3.39. The van der Waals surface area contributed by atoms with E-state index in [9.17, 15) is 15.0 Å². The number of allylic oxidation sites excluding steroid dienone is 7. The molecule has 4 heteroatoms. The third-order valence-corrected chi connectivity index (χ3v) is 18.3. The van der Waals surface area contributed by atoms with Crippen LogP contribution in [-0.2, 0) is 4.79 Å². The molecule has 0 fully saturated rings. The Bertz CT molecular complexity index is 1340. The lowest BCUT2D eigenvalue weighted by atomic mass is 10.0.